The first-order valence-electron chi connectivity index (χ1n) is 12.9. The lowest BCUT2D eigenvalue weighted by Gasteiger charge is -2.36. The third-order valence-corrected chi connectivity index (χ3v) is 8.96. The monoisotopic (exact) mass is 459 g/mol. The van der Waals surface area contributed by atoms with Gasteiger partial charge < -0.3 is 4.90 Å². The highest BCUT2D eigenvalue weighted by Gasteiger charge is 2.62. The molecule has 0 saturated heterocycles. The van der Waals surface area contributed by atoms with Crippen LogP contribution in [0.5, 0.6) is 0 Å². The van der Waals surface area contributed by atoms with Gasteiger partial charge in [-0.15, -0.1) is 0 Å². The first-order valence-corrected chi connectivity index (χ1v) is 12.9. The highest BCUT2D eigenvalue weighted by molar-refractivity contribution is 5.73. The van der Waals surface area contributed by atoms with Crippen LogP contribution in [0.4, 0.5) is 0 Å². The molecule has 1 fully saturated rings. The summed E-state index contributed by atoms with van der Waals surface area (Å²) in [5, 5.41) is 0. The first-order chi connectivity index (χ1) is 16.2. The van der Waals surface area contributed by atoms with Crippen LogP contribution in [0.3, 0.4) is 0 Å². The molecule has 0 N–H and O–H groups in total. The Morgan fingerprint density at radius 2 is 1.50 bits per heavy atom. The van der Waals surface area contributed by atoms with E-state index in [4.69, 9.17) is 0 Å². The van der Waals surface area contributed by atoms with Gasteiger partial charge in [0.1, 0.15) is 0 Å². The van der Waals surface area contributed by atoms with Crippen molar-refractivity contribution in [1.29, 1.82) is 0 Å². The van der Waals surface area contributed by atoms with Crippen LogP contribution in [0, 0.1) is 5.41 Å². The summed E-state index contributed by atoms with van der Waals surface area (Å²) < 4.78 is 4.04. The van der Waals surface area contributed by atoms with Crippen LogP contribution >= 0.6 is 0 Å². The molecule has 34 heavy (non-hydrogen) atoms. The Morgan fingerprint density at radius 3 is 2.06 bits per heavy atom. The van der Waals surface area contributed by atoms with Gasteiger partial charge in [-0.2, -0.15) is 0 Å². The summed E-state index contributed by atoms with van der Waals surface area (Å²) in [5.41, 5.74) is 5.87. The minimum atomic E-state index is 0.0633. The largest absolute Gasteiger partial charge is 0.304 e. The number of hydrogen-bond acceptors (Lipinski definition) is 2. The molecule has 2 aliphatic rings. The molecular weight excluding hydrogens is 418 g/mol. The van der Waals surface area contributed by atoms with Gasteiger partial charge in [-0.05, 0) is 55.4 Å². The van der Waals surface area contributed by atoms with E-state index in [0.29, 0.717) is 5.92 Å². The van der Waals surface area contributed by atoms with Gasteiger partial charge in [0.2, 0.25) is 0 Å². The fourth-order valence-electron chi connectivity index (χ4n) is 6.49. The van der Waals surface area contributed by atoms with Crippen molar-refractivity contribution in [2.24, 2.45) is 12.5 Å². The highest BCUT2D eigenvalue weighted by atomic mass is 16.1. The number of para-hydroxylation sites is 1. The molecule has 2 aliphatic carbocycles. The zero-order chi connectivity index (χ0) is 24.7. The summed E-state index contributed by atoms with van der Waals surface area (Å²) in [7, 11) is 2.06. The second-order valence-electron chi connectivity index (χ2n) is 10.6. The number of hydrogen-bond donors (Lipinski definition) is 0. The van der Waals surface area contributed by atoms with Crippen LogP contribution in [-0.2, 0) is 12.5 Å². The molecule has 0 amide bonds. The van der Waals surface area contributed by atoms with E-state index in [-0.39, 0.29) is 16.4 Å². The molecule has 0 aliphatic heterocycles. The summed E-state index contributed by atoms with van der Waals surface area (Å²) in [6.07, 6.45) is 2.28. The van der Waals surface area contributed by atoms with Crippen molar-refractivity contribution < 1.29 is 0 Å². The number of aromatic nitrogens is 2. The smallest absolute Gasteiger partial charge is 0.275 e. The second kappa shape index (κ2) is 9.22. The SMILES string of the molecule is CCN(CC)CC.Cn1c2c(c(=O)n1-c1ccccc1-c1ccccc1)[C@H]1CC[C@]2(C)C1(C)C. The molecule has 2 atom stereocenters. The maximum absolute atomic E-state index is 13.6. The topological polar surface area (TPSA) is 30.2 Å². The standard InChI is InChI=1S/C24H26N2O.C6H15N/c1-23(2)18-14-15-24(23,3)21-20(18)22(27)26(25(21)4)19-13-9-8-12-17(19)16-10-6-5-7-11-16;1-4-7(5-2)6-3/h5-13,18H,14-15H2,1-4H3;4-6H2,1-3H3/t18-,24+;/m1./s1. The Balaban J connectivity index is 0.000000344. The van der Waals surface area contributed by atoms with Gasteiger partial charge in [-0.25, -0.2) is 4.68 Å². The molecule has 2 bridgehead atoms. The minimum Gasteiger partial charge on any atom is -0.304 e. The normalized spacial score (nSPS) is 21.9. The number of nitrogens with zero attached hydrogens (tertiary/aromatic N) is 3. The van der Waals surface area contributed by atoms with Gasteiger partial charge in [0.05, 0.1) is 11.4 Å². The molecule has 3 aromatic rings. The molecule has 5 rings (SSSR count). The third-order valence-electron chi connectivity index (χ3n) is 8.96. The van der Waals surface area contributed by atoms with Crippen molar-refractivity contribution in [3.05, 3.63) is 76.2 Å². The number of fused-ring (bicyclic) bond motifs is 5. The van der Waals surface area contributed by atoms with E-state index in [1.165, 1.54) is 25.3 Å². The first kappa shape index (κ1) is 24.5. The lowest BCUT2D eigenvalue weighted by atomic mass is 9.70. The van der Waals surface area contributed by atoms with Crippen LogP contribution in [0.25, 0.3) is 16.8 Å². The molecule has 1 saturated carbocycles. The molecule has 4 nitrogen and oxygen atoms in total. The molecule has 1 aromatic heterocycles. The number of rotatable bonds is 5. The summed E-state index contributed by atoms with van der Waals surface area (Å²) in [4.78, 5) is 16.0. The average molecular weight is 460 g/mol. The van der Waals surface area contributed by atoms with E-state index in [0.717, 1.165) is 35.2 Å². The average Bonchev–Trinajstić information content (AvgIpc) is 3.32. The Labute approximate surface area is 205 Å². The Hall–Kier alpha value is -2.59. The fourth-order valence-corrected chi connectivity index (χ4v) is 6.49. The third kappa shape index (κ3) is 3.58. The van der Waals surface area contributed by atoms with Crippen molar-refractivity contribution >= 4 is 0 Å². The van der Waals surface area contributed by atoms with Crippen LogP contribution in [0.2, 0.25) is 0 Å². The zero-order valence-electron chi connectivity index (χ0n) is 22.1. The quantitative estimate of drug-likeness (QED) is 0.444. The van der Waals surface area contributed by atoms with Crippen molar-refractivity contribution in [1.82, 2.24) is 14.3 Å². The van der Waals surface area contributed by atoms with Crippen LogP contribution in [0.1, 0.15) is 71.6 Å². The molecule has 0 spiro atoms. The Bertz CT molecular complexity index is 1190. The maximum Gasteiger partial charge on any atom is 0.275 e. The van der Waals surface area contributed by atoms with Crippen molar-refractivity contribution in [2.45, 2.75) is 65.7 Å². The van der Waals surface area contributed by atoms with Gasteiger partial charge >= 0.3 is 0 Å². The van der Waals surface area contributed by atoms with Gasteiger partial charge in [0.25, 0.3) is 5.56 Å². The van der Waals surface area contributed by atoms with Crippen molar-refractivity contribution in [2.75, 3.05) is 19.6 Å². The van der Waals surface area contributed by atoms with E-state index in [1.54, 1.807) is 0 Å². The molecular formula is C30H41N3O. The summed E-state index contributed by atoms with van der Waals surface area (Å²) in [6, 6.07) is 18.6. The predicted molar refractivity (Wildman–Crippen MR) is 143 cm³/mol. The van der Waals surface area contributed by atoms with E-state index in [2.05, 4.69) is 82.4 Å². The Morgan fingerprint density at radius 1 is 0.912 bits per heavy atom. The van der Waals surface area contributed by atoms with Crippen LogP contribution < -0.4 is 5.56 Å². The van der Waals surface area contributed by atoms with Crippen LogP contribution in [-0.4, -0.2) is 33.9 Å². The predicted octanol–water partition coefficient (Wildman–Crippen LogP) is 6.37. The van der Waals surface area contributed by atoms with E-state index < -0.39 is 0 Å². The fraction of sp³-hybridized carbons (Fsp3) is 0.500. The van der Waals surface area contributed by atoms with Gasteiger partial charge in [-0.1, -0.05) is 90.1 Å². The van der Waals surface area contributed by atoms with Gasteiger partial charge in [0, 0.05) is 23.6 Å². The zero-order valence-corrected chi connectivity index (χ0v) is 22.1. The van der Waals surface area contributed by atoms with E-state index in [9.17, 15) is 4.79 Å². The number of benzene rings is 2. The molecule has 0 radical (unpaired) electrons. The van der Waals surface area contributed by atoms with Crippen molar-refractivity contribution in [3.63, 3.8) is 0 Å². The van der Waals surface area contributed by atoms with Crippen molar-refractivity contribution in [3.8, 4) is 16.8 Å². The molecule has 4 heteroatoms. The molecule has 182 valence electrons. The molecule has 0 unspecified atom stereocenters. The highest BCUT2D eigenvalue weighted by Crippen LogP contribution is 2.66. The summed E-state index contributed by atoms with van der Waals surface area (Å²) in [5.74, 6) is 0.362. The van der Waals surface area contributed by atoms with E-state index in [1.807, 2.05) is 35.0 Å². The maximum atomic E-state index is 13.6. The lowest BCUT2D eigenvalue weighted by Crippen LogP contribution is -2.35. The summed E-state index contributed by atoms with van der Waals surface area (Å²) >= 11 is 0. The molecule has 2 aromatic carbocycles. The minimum absolute atomic E-state index is 0.0633. The van der Waals surface area contributed by atoms with Crippen LogP contribution in [0.15, 0.2) is 59.4 Å². The summed E-state index contributed by atoms with van der Waals surface area (Å²) in [6.45, 7) is 17.2. The van der Waals surface area contributed by atoms with Gasteiger partial charge in [0.15, 0.2) is 0 Å². The Kier molecular flexibility index (Phi) is 6.65. The second-order valence-corrected chi connectivity index (χ2v) is 10.6. The van der Waals surface area contributed by atoms with E-state index >= 15 is 0 Å². The molecule has 1 heterocycles. The van der Waals surface area contributed by atoms with Gasteiger partial charge in [-0.3, -0.25) is 9.48 Å². The lowest BCUT2D eigenvalue weighted by molar-refractivity contribution is 0.218.